The Labute approximate surface area is 87.9 Å². The van der Waals surface area contributed by atoms with E-state index >= 15 is 0 Å². The van der Waals surface area contributed by atoms with Gasteiger partial charge < -0.3 is 10.0 Å². The van der Waals surface area contributed by atoms with Crippen molar-refractivity contribution in [3.8, 4) is 5.69 Å². The Morgan fingerprint density at radius 2 is 2.13 bits per heavy atom. The minimum Gasteiger partial charge on any atom is -0.423 e. The maximum absolute atomic E-state index is 8.94. The van der Waals surface area contributed by atoms with Crippen molar-refractivity contribution in [2.45, 2.75) is 6.92 Å². The van der Waals surface area contributed by atoms with Crippen LogP contribution in [-0.2, 0) is 0 Å². The molecule has 2 aromatic rings. The number of aryl methyl sites for hydroxylation is 1. The minimum atomic E-state index is -1.47. The van der Waals surface area contributed by atoms with E-state index in [1.54, 1.807) is 10.9 Å². The summed E-state index contributed by atoms with van der Waals surface area (Å²) in [7, 11) is -1.47. The molecule has 0 aliphatic rings. The zero-order valence-electron chi connectivity index (χ0n) is 8.33. The highest BCUT2D eigenvalue weighted by atomic mass is 16.4. The van der Waals surface area contributed by atoms with Gasteiger partial charge in [0.1, 0.15) is 0 Å². The maximum atomic E-state index is 8.94. The Hall–Kier alpha value is -1.59. The van der Waals surface area contributed by atoms with Gasteiger partial charge >= 0.3 is 7.12 Å². The van der Waals surface area contributed by atoms with Crippen LogP contribution in [0, 0.1) is 6.92 Å². The molecule has 0 amide bonds. The maximum Gasteiger partial charge on any atom is 0.491 e. The number of aromatic nitrogens is 2. The van der Waals surface area contributed by atoms with Crippen molar-refractivity contribution >= 4 is 12.6 Å². The van der Waals surface area contributed by atoms with Crippen LogP contribution >= 0.6 is 0 Å². The van der Waals surface area contributed by atoms with E-state index in [-0.39, 0.29) is 0 Å². The lowest BCUT2D eigenvalue weighted by molar-refractivity contribution is 0.426. The van der Waals surface area contributed by atoms with Crippen LogP contribution in [0.1, 0.15) is 5.56 Å². The molecule has 0 atom stereocenters. The first-order valence-electron chi connectivity index (χ1n) is 4.64. The zero-order valence-corrected chi connectivity index (χ0v) is 8.33. The molecule has 15 heavy (non-hydrogen) atoms. The molecule has 5 heteroatoms. The van der Waals surface area contributed by atoms with Gasteiger partial charge in [0.25, 0.3) is 0 Å². The molecule has 1 aromatic heterocycles. The number of hydrogen-bond acceptors (Lipinski definition) is 3. The second-order valence-electron chi connectivity index (χ2n) is 3.43. The first kappa shape index (κ1) is 9.95. The van der Waals surface area contributed by atoms with Gasteiger partial charge in [0.2, 0.25) is 0 Å². The van der Waals surface area contributed by atoms with Crippen LogP contribution in [0.25, 0.3) is 5.69 Å². The summed E-state index contributed by atoms with van der Waals surface area (Å²) in [5.74, 6) is 0. The average Bonchev–Trinajstić information content (AvgIpc) is 2.66. The van der Waals surface area contributed by atoms with Crippen molar-refractivity contribution in [3.05, 3.63) is 42.2 Å². The third-order valence-electron chi connectivity index (χ3n) is 2.17. The van der Waals surface area contributed by atoms with Crippen molar-refractivity contribution < 1.29 is 10.0 Å². The molecule has 76 valence electrons. The standard InChI is InChI=1S/C10H11BN2O2/c1-8-3-2-4-10(5-8)13-7-9(6-12-13)11(14)15/h2-7,14-15H,1H3. The normalized spacial score (nSPS) is 10.3. The molecule has 0 saturated heterocycles. The van der Waals surface area contributed by atoms with Gasteiger partial charge in [-0.25, -0.2) is 4.68 Å². The Morgan fingerprint density at radius 1 is 1.33 bits per heavy atom. The van der Waals surface area contributed by atoms with Crippen molar-refractivity contribution in [1.29, 1.82) is 0 Å². The van der Waals surface area contributed by atoms with Gasteiger partial charge in [-0.2, -0.15) is 5.10 Å². The van der Waals surface area contributed by atoms with E-state index in [1.807, 2.05) is 31.2 Å². The van der Waals surface area contributed by atoms with Crippen LogP contribution in [0.5, 0.6) is 0 Å². The topological polar surface area (TPSA) is 58.3 Å². The van der Waals surface area contributed by atoms with Gasteiger partial charge in [0.15, 0.2) is 0 Å². The Kier molecular flexibility index (Phi) is 2.57. The van der Waals surface area contributed by atoms with Gasteiger partial charge in [-0.3, -0.25) is 0 Å². The first-order chi connectivity index (χ1) is 7.16. The molecule has 0 spiro atoms. The van der Waals surface area contributed by atoms with Gasteiger partial charge in [-0.1, -0.05) is 12.1 Å². The van der Waals surface area contributed by atoms with Crippen molar-refractivity contribution in [3.63, 3.8) is 0 Å². The lowest BCUT2D eigenvalue weighted by atomic mass is 9.83. The summed E-state index contributed by atoms with van der Waals surface area (Å²) in [4.78, 5) is 0. The molecule has 0 aliphatic heterocycles. The fraction of sp³-hybridized carbons (Fsp3) is 0.100. The summed E-state index contributed by atoms with van der Waals surface area (Å²) in [5.41, 5.74) is 2.42. The second kappa shape index (κ2) is 3.88. The van der Waals surface area contributed by atoms with Crippen LogP contribution < -0.4 is 5.46 Å². The first-order valence-corrected chi connectivity index (χ1v) is 4.64. The molecule has 0 bridgehead atoms. The molecule has 0 aliphatic carbocycles. The highest BCUT2D eigenvalue weighted by Crippen LogP contribution is 2.07. The van der Waals surface area contributed by atoms with Crippen molar-refractivity contribution in [2.24, 2.45) is 0 Å². The third kappa shape index (κ3) is 2.08. The smallest absolute Gasteiger partial charge is 0.423 e. The lowest BCUT2D eigenvalue weighted by Crippen LogP contribution is -2.28. The van der Waals surface area contributed by atoms with E-state index in [2.05, 4.69) is 5.10 Å². The Morgan fingerprint density at radius 3 is 2.73 bits per heavy atom. The molecule has 2 N–H and O–H groups in total. The van der Waals surface area contributed by atoms with E-state index in [0.29, 0.717) is 5.46 Å². The molecule has 2 rings (SSSR count). The summed E-state index contributed by atoms with van der Waals surface area (Å²) in [6, 6.07) is 7.81. The van der Waals surface area contributed by atoms with E-state index < -0.39 is 7.12 Å². The van der Waals surface area contributed by atoms with Crippen LogP contribution in [0.3, 0.4) is 0 Å². The van der Waals surface area contributed by atoms with E-state index in [0.717, 1.165) is 11.3 Å². The number of benzene rings is 1. The zero-order chi connectivity index (χ0) is 10.8. The van der Waals surface area contributed by atoms with E-state index in [1.165, 1.54) is 6.20 Å². The van der Waals surface area contributed by atoms with Crippen molar-refractivity contribution in [1.82, 2.24) is 9.78 Å². The number of hydrogen-bond donors (Lipinski definition) is 2. The quantitative estimate of drug-likeness (QED) is 0.666. The number of rotatable bonds is 2. The molecule has 1 heterocycles. The fourth-order valence-electron chi connectivity index (χ4n) is 1.38. The molecule has 4 nitrogen and oxygen atoms in total. The molecular weight excluding hydrogens is 191 g/mol. The average molecular weight is 202 g/mol. The van der Waals surface area contributed by atoms with Crippen LogP contribution in [0.15, 0.2) is 36.7 Å². The predicted octanol–water partition coefficient (Wildman–Crippen LogP) is -0.139. The van der Waals surface area contributed by atoms with Gasteiger partial charge in [0.05, 0.1) is 5.69 Å². The highest BCUT2D eigenvalue weighted by molar-refractivity contribution is 6.58. The fourth-order valence-corrected chi connectivity index (χ4v) is 1.38. The summed E-state index contributed by atoms with van der Waals surface area (Å²) in [5, 5.41) is 21.9. The number of nitrogens with zero attached hydrogens (tertiary/aromatic N) is 2. The largest absolute Gasteiger partial charge is 0.491 e. The molecule has 0 fully saturated rings. The molecule has 0 saturated carbocycles. The predicted molar refractivity (Wildman–Crippen MR) is 58.1 cm³/mol. The summed E-state index contributed by atoms with van der Waals surface area (Å²) < 4.78 is 1.61. The van der Waals surface area contributed by atoms with Gasteiger partial charge in [0, 0.05) is 17.9 Å². The lowest BCUT2D eigenvalue weighted by Gasteiger charge is -2.01. The van der Waals surface area contributed by atoms with Gasteiger partial charge in [-0.05, 0) is 24.6 Å². The van der Waals surface area contributed by atoms with E-state index in [9.17, 15) is 0 Å². The monoisotopic (exact) mass is 202 g/mol. The van der Waals surface area contributed by atoms with Crippen molar-refractivity contribution in [2.75, 3.05) is 0 Å². The van der Waals surface area contributed by atoms with Gasteiger partial charge in [-0.15, -0.1) is 0 Å². The van der Waals surface area contributed by atoms with E-state index in [4.69, 9.17) is 10.0 Å². The Balaban J connectivity index is 2.37. The SMILES string of the molecule is Cc1cccc(-n2cc(B(O)O)cn2)c1. The third-order valence-corrected chi connectivity index (χ3v) is 2.17. The Bertz CT molecular complexity index is 468. The van der Waals surface area contributed by atoms with Crippen LogP contribution in [0.4, 0.5) is 0 Å². The molecule has 1 aromatic carbocycles. The molecule has 0 unspecified atom stereocenters. The highest BCUT2D eigenvalue weighted by Gasteiger charge is 2.13. The molecule has 0 radical (unpaired) electrons. The summed E-state index contributed by atoms with van der Waals surface area (Å²) in [6.45, 7) is 1.99. The van der Waals surface area contributed by atoms with Crippen LogP contribution in [-0.4, -0.2) is 26.9 Å². The molecular formula is C10H11BN2O2. The minimum absolute atomic E-state index is 0.386. The summed E-state index contributed by atoms with van der Waals surface area (Å²) >= 11 is 0. The van der Waals surface area contributed by atoms with Crippen LogP contribution in [0.2, 0.25) is 0 Å². The second-order valence-corrected chi connectivity index (χ2v) is 3.43. The summed E-state index contributed by atoms with van der Waals surface area (Å²) in [6.07, 6.45) is 3.03.